The van der Waals surface area contributed by atoms with Gasteiger partial charge in [0.15, 0.2) is 14.2 Å². The lowest BCUT2D eigenvalue weighted by molar-refractivity contribution is -0.130. The summed E-state index contributed by atoms with van der Waals surface area (Å²) in [4.78, 5) is 16.7. The van der Waals surface area contributed by atoms with Crippen LogP contribution in [0.3, 0.4) is 0 Å². The summed E-state index contributed by atoms with van der Waals surface area (Å²) in [5.74, 6) is 0.763. The number of hydrogen-bond donors (Lipinski definition) is 0. The van der Waals surface area contributed by atoms with E-state index in [1.807, 2.05) is 13.8 Å². The Morgan fingerprint density at radius 1 is 1.37 bits per heavy atom. The summed E-state index contributed by atoms with van der Waals surface area (Å²) >= 11 is 2.86. The molecule has 152 valence electrons. The van der Waals surface area contributed by atoms with Crippen LogP contribution in [0.2, 0.25) is 0 Å². The molecule has 0 bridgehead atoms. The third-order valence-corrected chi connectivity index (χ3v) is 8.38. The molecule has 3 rings (SSSR count). The van der Waals surface area contributed by atoms with Gasteiger partial charge in [0.1, 0.15) is 0 Å². The number of morpholine rings is 1. The molecule has 2 aliphatic rings. The molecule has 2 saturated heterocycles. The van der Waals surface area contributed by atoms with E-state index < -0.39 is 9.84 Å². The summed E-state index contributed by atoms with van der Waals surface area (Å²) < 4.78 is 29.7. The van der Waals surface area contributed by atoms with Gasteiger partial charge in [-0.2, -0.15) is 0 Å². The third kappa shape index (κ3) is 5.78. The van der Waals surface area contributed by atoms with Crippen LogP contribution in [-0.4, -0.2) is 85.6 Å². The Kier molecular flexibility index (Phi) is 6.98. The molecule has 0 aliphatic carbocycles. The number of hydrogen-bond acceptors (Lipinski definition) is 9. The monoisotopic (exact) mass is 434 g/mol. The maximum atomic E-state index is 12.8. The molecule has 8 nitrogen and oxygen atoms in total. The van der Waals surface area contributed by atoms with Crippen LogP contribution < -0.4 is 4.90 Å². The van der Waals surface area contributed by atoms with Crippen molar-refractivity contribution in [1.82, 2.24) is 15.1 Å². The van der Waals surface area contributed by atoms with Crippen molar-refractivity contribution >= 4 is 44.0 Å². The molecule has 0 radical (unpaired) electrons. The van der Waals surface area contributed by atoms with Crippen molar-refractivity contribution in [2.45, 2.75) is 30.6 Å². The molecule has 0 N–H and O–H groups in total. The van der Waals surface area contributed by atoms with Crippen LogP contribution in [0.5, 0.6) is 0 Å². The van der Waals surface area contributed by atoms with Crippen molar-refractivity contribution < 1.29 is 17.9 Å². The number of carbonyl (C=O) groups is 1. The Morgan fingerprint density at radius 2 is 2.11 bits per heavy atom. The summed E-state index contributed by atoms with van der Waals surface area (Å²) in [6.45, 7) is 7.64. The Bertz CT molecular complexity index is 747. The molecule has 1 amide bonds. The zero-order chi connectivity index (χ0) is 19.4. The van der Waals surface area contributed by atoms with Gasteiger partial charge in [-0.05, 0) is 12.3 Å². The lowest BCUT2D eigenvalue weighted by atomic mass is 10.1. The SMILES string of the molecule is CC(C)CN(C(=O)CSc1nnc(N2CCOCC2)s1)C1CCS(=O)(=O)C1. The normalized spacial score (nSPS) is 22.3. The second kappa shape index (κ2) is 9.06. The van der Waals surface area contributed by atoms with E-state index in [4.69, 9.17) is 4.74 Å². The van der Waals surface area contributed by atoms with Gasteiger partial charge in [0.2, 0.25) is 11.0 Å². The summed E-state index contributed by atoms with van der Waals surface area (Å²) in [5.41, 5.74) is 0. The minimum absolute atomic E-state index is 0.0288. The van der Waals surface area contributed by atoms with E-state index in [0.717, 1.165) is 22.6 Å². The maximum Gasteiger partial charge on any atom is 0.233 e. The van der Waals surface area contributed by atoms with Crippen LogP contribution in [0, 0.1) is 5.92 Å². The molecule has 0 spiro atoms. The van der Waals surface area contributed by atoms with E-state index in [9.17, 15) is 13.2 Å². The van der Waals surface area contributed by atoms with Crippen LogP contribution >= 0.6 is 23.1 Å². The van der Waals surface area contributed by atoms with Crippen LogP contribution in [0.4, 0.5) is 5.13 Å². The fourth-order valence-corrected chi connectivity index (χ4v) is 6.73. The summed E-state index contributed by atoms with van der Waals surface area (Å²) in [7, 11) is -3.02. The minimum Gasteiger partial charge on any atom is -0.378 e. The summed E-state index contributed by atoms with van der Waals surface area (Å²) in [6, 6.07) is -0.205. The number of aromatic nitrogens is 2. The number of rotatable bonds is 7. The van der Waals surface area contributed by atoms with Crippen molar-refractivity contribution in [2.24, 2.45) is 5.92 Å². The highest BCUT2D eigenvalue weighted by molar-refractivity contribution is 8.01. The van der Waals surface area contributed by atoms with Gasteiger partial charge in [-0.1, -0.05) is 36.9 Å². The Balaban J connectivity index is 1.58. The first-order valence-electron chi connectivity index (χ1n) is 9.13. The largest absolute Gasteiger partial charge is 0.378 e. The smallest absolute Gasteiger partial charge is 0.233 e. The number of nitrogens with zero attached hydrogens (tertiary/aromatic N) is 4. The van der Waals surface area contributed by atoms with E-state index >= 15 is 0 Å². The topological polar surface area (TPSA) is 92.7 Å². The van der Waals surface area contributed by atoms with E-state index in [1.54, 1.807) is 4.90 Å². The Labute approximate surface area is 168 Å². The maximum absolute atomic E-state index is 12.8. The second-order valence-electron chi connectivity index (χ2n) is 7.24. The van der Waals surface area contributed by atoms with Crippen LogP contribution in [0.25, 0.3) is 0 Å². The lowest BCUT2D eigenvalue weighted by Gasteiger charge is -2.29. The fourth-order valence-electron chi connectivity index (χ4n) is 3.22. The molecule has 1 aromatic rings. The van der Waals surface area contributed by atoms with Crippen molar-refractivity contribution in [2.75, 3.05) is 55.0 Å². The van der Waals surface area contributed by atoms with Crippen molar-refractivity contribution in [3.63, 3.8) is 0 Å². The van der Waals surface area contributed by atoms with Crippen LogP contribution in [0.1, 0.15) is 20.3 Å². The van der Waals surface area contributed by atoms with Gasteiger partial charge in [0.25, 0.3) is 0 Å². The molecule has 3 heterocycles. The van der Waals surface area contributed by atoms with Gasteiger partial charge in [-0.3, -0.25) is 4.79 Å². The van der Waals surface area contributed by atoms with Gasteiger partial charge < -0.3 is 14.5 Å². The van der Waals surface area contributed by atoms with E-state index in [0.29, 0.717) is 26.2 Å². The van der Waals surface area contributed by atoms with Gasteiger partial charge in [-0.15, -0.1) is 10.2 Å². The van der Waals surface area contributed by atoms with Crippen molar-refractivity contribution in [3.8, 4) is 0 Å². The quantitative estimate of drug-likeness (QED) is 0.590. The minimum atomic E-state index is -3.02. The Morgan fingerprint density at radius 3 is 2.74 bits per heavy atom. The van der Waals surface area contributed by atoms with E-state index in [2.05, 4.69) is 15.1 Å². The molecule has 2 fully saturated rings. The number of ether oxygens (including phenoxy) is 1. The van der Waals surface area contributed by atoms with Gasteiger partial charge in [-0.25, -0.2) is 8.42 Å². The first-order valence-corrected chi connectivity index (χ1v) is 12.8. The van der Waals surface area contributed by atoms with Gasteiger partial charge in [0, 0.05) is 25.7 Å². The molecular weight excluding hydrogens is 408 g/mol. The first-order chi connectivity index (χ1) is 12.8. The molecule has 1 unspecified atom stereocenters. The molecule has 0 saturated carbocycles. The zero-order valence-corrected chi connectivity index (χ0v) is 18.1. The highest BCUT2D eigenvalue weighted by atomic mass is 32.2. The zero-order valence-electron chi connectivity index (χ0n) is 15.7. The predicted octanol–water partition coefficient (Wildman–Crippen LogP) is 1.14. The molecule has 11 heteroatoms. The van der Waals surface area contributed by atoms with Crippen molar-refractivity contribution in [3.05, 3.63) is 0 Å². The number of carbonyl (C=O) groups excluding carboxylic acids is 1. The Hall–Kier alpha value is -0.910. The van der Waals surface area contributed by atoms with Gasteiger partial charge >= 0.3 is 0 Å². The number of anilines is 1. The molecule has 2 aliphatic heterocycles. The highest BCUT2D eigenvalue weighted by Crippen LogP contribution is 2.29. The molecule has 1 atom stereocenters. The van der Waals surface area contributed by atoms with Gasteiger partial charge in [0.05, 0.1) is 30.5 Å². The van der Waals surface area contributed by atoms with E-state index in [1.165, 1.54) is 23.1 Å². The summed E-state index contributed by atoms with van der Waals surface area (Å²) in [6.07, 6.45) is 0.533. The molecule has 27 heavy (non-hydrogen) atoms. The molecular formula is C16H26N4O4S3. The average molecular weight is 435 g/mol. The lowest BCUT2D eigenvalue weighted by Crippen LogP contribution is -2.44. The number of amides is 1. The third-order valence-electron chi connectivity index (χ3n) is 4.53. The van der Waals surface area contributed by atoms with Crippen LogP contribution in [-0.2, 0) is 19.4 Å². The van der Waals surface area contributed by atoms with Crippen LogP contribution in [0.15, 0.2) is 4.34 Å². The molecule has 0 aromatic carbocycles. The average Bonchev–Trinajstić information content (AvgIpc) is 3.24. The molecule has 1 aromatic heterocycles. The number of thioether (sulfide) groups is 1. The van der Waals surface area contributed by atoms with Crippen molar-refractivity contribution in [1.29, 1.82) is 0 Å². The second-order valence-corrected chi connectivity index (χ2v) is 11.6. The van der Waals surface area contributed by atoms with E-state index in [-0.39, 0.29) is 35.1 Å². The predicted molar refractivity (Wildman–Crippen MR) is 107 cm³/mol. The fraction of sp³-hybridized carbons (Fsp3) is 0.812. The number of sulfone groups is 1. The standard InChI is InChI=1S/C16H26N4O4S3/c1-12(2)9-20(13-3-8-27(22,23)11-13)14(21)10-25-16-18-17-15(26-16)19-4-6-24-7-5-19/h12-13H,3-11H2,1-2H3. The first kappa shape index (κ1) is 20.8. The highest BCUT2D eigenvalue weighted by Gasteiger charge is 2.34. The summed E-state index contributed by atoms with van der Waals surface area (Å²) in [5, 5.41) is 9.26.